The molecule has 0 saturated carbocycles. The molecule has 0 radical (unpaired) electrons. The summed E-state index contributed by atoms with van der Waals surface area (Å²) in [6, 6.07) is 9.21. The summed E-state index contributed by atoms with van der Waals surface area (Å²) in [5, 5.41) is 12.0. The first-order valence-electron chi connectivity index (χ1n) is 9.29. The molecule has 1 heterocycles. The van der Waals surface area contributed by atoms with Gasteiger partial charge in [0.25, 0.3) is 0 Å². The van der Waals surface area contributed by atoms with Crippen molar-refractivity contribution in [2.45, 2.75) is 38.6 Å². The number of carboxylic acids is 1. The van der Waals surface area contributed by atoms with Crippen molar-refractivity contribution < 1.29 is 24.2 Å². The normalized spacial score (nSPS) is 20.6. The number of hydrogen-bond donors (Lipinski definition) is 2. The number of carbonyl (C=O) groups is 3. The summed E-state index contributed by atoms with van der Waals surface area (Å²) in [7, 11) is 1.38. The number of ether oxygens (including phenoxy) is 1. The van der Waals surface area contributed by atoms with Crippen molar-refractivity contribution in [2.24, 2.45) is 11.8 Å². The number of carbonyl (C=O) groups excluding carboxylic acids is 2. The van der Waals surface area contributed by atoms with E-state index in [1.54, 1.807) is 4.90 Å². The summed E-state index contributed by atoms with van der Waals surface area (Å²) in [5.41, 5.74) is 1.05. The van der Waals surface area contributed by atoms with Crippen LogP contribution >= 0.6 is 0 Å². The van der Waals surface area contributed by atoms with E-state index >= 15 is 0 Å². The zero-order valence-electron chi connectivity index (χ0n) is 15.9. The van der Waals surface area contributed by atoms with Crippen LogP contribution in [0.5, 0.6) is 0 Å². The lowest BCUT2D eigenvalue weighted by Gasteiger charge is -2.36. The lowest BCUT2D eigenvalue weighted by atomic mass is 9.87. The maximum absolute atomic E-state index is 12.7. The molecule has 0 aromatic heterocycles. The average Bonchev–Trinajstić information content (AvgIpc) is 2.66. The van der Waals surface area contributed by atoms with Crippen molar-refractivity contribution in [3.05, 3.63) is 35.9 Å². The van der Waals surface area contributed by atoms with Gasteiger partial charge in [0.1, 0.15) is 0 Å². The van der Waals surface area contributed by atoms with Gasteiger partial charge in [0.2, 0.25) is 0 Å². The van der Waals surface area contributed by atoms with Gasteiger partial charge in [0, 0.05) is 25.6 Å². The van der Waals surface area contributed by atoms with Gasteiger partial charge in [0.15, 0.2) is 0 Å². The maximum atomic E-state index is 12.7. The van der Waals surface area contributed by atoms with E-state index in [1.807, 2.05) is 37.3 Å². The van der Waals surface area contributed by atoms with Gasteiger partial charge < -0.3 is 20.1 Å². The number of aliphatic carboxylic acids is 1. The molecule has 27 heavy (non-hydrogen) atoms. The summed E-state index contributed by atoms with van der Waals surface area (Å²) < 4.78 is 4.83. The molecule has 1 saturated heterocycles. The number of carboxylic acid groups (broad SMARTS) is 1. The molecule has 2 rings (SSSR count). The van der Waals surface area contributed by atoms with Crippen LogP contribution in [-0.2, 0) is 20.7 Å². The van der Waals surface area contributed by atoms with Crippen molar-refractivity contribution in [3.63, 3.8) is 0 Å². The smallest absolute Gasteiger partial charge is 0.317 e. The quantitative estimate of drug-likeness (QED) is 0.712. The zero-order chi connectivity index (χ0) is 19.8. The van der Waals surface area contributed by atoms with Crippen LogP contribution in [-0.4, -0.2) is 54.2 Å². The predicted molar refractivity (Wildman–Crippen MR) is 100 cm³/mol. The largest absolute Gasteiger partial charge is 0.481 e. The van der Waals surface area contributed by atoms with Gasteiger partial charge in [-0.2, -0.15) is 0 Å². The Morgan fingerprint density at radius 1 is 1.30 bits per heavy atom. The molecule has 1 fully saturated rings. The highest BCUT2D eigenvalue weighted by atomic mass is 16.5. The molecule has 0 bridgehead atoms. The number of urea groups is 1. The minimum absolute atomic E-state index is 0.00139. The summed E-state index contributed by atoms with van der Waals surface area (Å²) in [6.45, 7) is 2.89. The topological polar surface area (TPSA) is 95.9 Å². The summed E-state index contributed by atoms with van der Waals surface area (Å²) >= 11 is 0. The highest BCUT2D eigenvalue weighted by Crippen LogP contribution is 2.24. The predicted octanol–water partition coefficient (Wildman–Crippen LogP) is 2.30. The third kappa shape index (κ3) is 6.27. The fourth-order valence-electron chi connectivity index (χ4n) is 3.52. The minimum atomic E-state index is -0.880. The Morgan fingerprint density at radius 2 is 2.00 bits per heavy atom. The van der Waals surface area contributed by atoms with Crippen LogP contribution in [0.4, 0.5) is 4.79 Å². The number of hydrogen-bond acceptors (Lipinski definition) is 4. The Kier molecular flexibility index (Phi) is 7.64. The van der Waals surface area contributed by atoms with Crippen molar-refractivity contribution in [1.29, 1.82) is 0 Å². The van der Waals surface area contributed by atoms with Crippen molar-refractivity contribution >= 4 is 18.0 Å². The Hall–Kier alpha value is -2.57. The monoisotopic (exact) mass is 376 g/mol. The molecule has 7 nitrogen and oxygen atoms in total. The van der Waals surface area contributed by atoms with Gasteiger partial charge in [0.05, 0.1) is 13.0 Å². The molecule has 2 N–H and O–H groups in total. The van der Waals surface area contributed by atoms with Crippen LogP contribution < -0.4 is 5.32 Å². The number of rotatable bonds is 7. The fourth-order valence-corrected chi connectivity index (χ4v) is 3.52. The number of esters is 1. The molecule has 1 aliphatic rings. The van der Waals surface area contributed by atoms with E-state index < -0.39 is 5.97 Å². The minimum Gasteiger partial charge on any atom is -0.481 e. The fraction of sp³-hybridized carbons (Fsp3) is 0.550. The molecule has 1 aliphatic heterocycles. The van der Waals surface area contributed by atoms with E-state index in [0.29, 0.717) is 32.4 Å². The molecule has 1 aromatic carbocycles. The van der Waals surface area contributed by atoms with Crippen molar-refractivity contribution in [3.8, 4) is 0 Å². The molecule has 0 aliphatic carbocycles. The van der Waals surface area contributed by atoms with Crippen LogP contribution in [0.25, 0.3) is 0 Å². The second-order valence-electron chi connectivity index (χ2n) is 7.11. The van der Waals surface area contributed by atoms with E-state index in [1.165, 1.54) is 7.11 Å². The van der Waals surface area contributed by atoms with Gasteiger partial charge in [-0.3, -0.25) is 9.59 Å². The molecule has 3 unspecified atom stereocenters. The van der Waals surface area contributed by atoms with E-state index in [9.17, 15) is 14.4 Å². The van der Waals surface area contributed by atoms with Gasteiger partial charge in [-0.25, -0.2) is 4.79 Å². The van der Waals surface area contributed by atoms with Crippen LogP contribution in [0.2, 0.25) is 0 Å². The Balaban J connectivity index is 1.96. The number of benzene rings is 1. The molecule has 2 amide bonds. The first-order valence-corrected chi connectivity index (χ1v) is 9.29. The van der Waals surface area contributed by atoms with E-state index in [0.717, 1.165) is 5.56 Å². The summed E-state index contributed by atoms with van der Waals surface area (Å²) in [6.07, 6.45) is 1.51. The third-order valence-electron chi connectivity index (χ3n) is 5.06. The van der Waals surface area contributed by atoms with Crippen molar-refractivity contribution in [1.82, 2.24) is 10.2 Å². The second-order valence-corrected chi connectivity index (χ2v) is 7.11. The lowest BCUT2D eigenvalue weighted by molar-refractivity contribution is -0.148. The molecule has 148 valence electrons. The molecule has 1 aromatic rings. The van der Waals surface area contributed by atoms with Gasteiger partial charge in [-0.15, -0.1) is 0 Å². The number of amides is 2. The first kappa shape index (κ1) is 20.7. The third-order valence-corrected chi connectivity index (χ3v) is 5.06. The van der Waals surface area contributed by atoms with Crippen molar-refractivity contribution in [2.75, 3.05) is 20.2 Å². The van der Waals surface area contributed by atoms with Gasteiger partial charge >= 0.3 is 18.0 Å². The van der Waals surface area contributed by atoms with E-state index in [2.05, 4.69) is 5.32 Å². The first-order chi connectivity index (χ1) is 12.9. The van der Waals surface area contributed by atoms with Gasteiger partial charge in [-0.05, 0) is 30.7 Å². The molecule has 7 heteroatoms. The zero-order valence-corrected chi connectivity index (χ0v) is 15.9. The standard InChI is InChI=1S/C20H28N2O5/c1-14-13-22(11-10-17(14)19(25)27-2)20(26)21-16(8-9-18(23)24)12-15-6-4-3-5-7-15/h3-7,14,16-17H,8-13H2,1-2H3,(H,21,26)(H,23,24). The number of likely N-dealkylation sites (tertiary alicyclic amines) is 1. The van der Waals surface area contributed by atoms with Crippen LogP contribution in [0.1, 0.15) is 31.7 Å². The van der Waals surface area contributed by atoms with E-state index in [-0.39, 0.29) is 36.3 Å². The number of methoxy groups -OCH3 is 1. The lowest BCUT2D eigenvalue weighted by Crippen LogP contribution is -2.51. The number of nitrogens with one attached hydrogen (secondary N) is 1. The molecular formula is C20H28N2O5. The van der Waals surface area contributed by atoms with Crippen LogP contribution in [0.15, 0.2) is 30.3 Å². The molecule has 0 spiro atoms. The number of nitrogens with zero attached hydrogens (tertiary/aromatic N) is 1. The highest BCUT2D eigenvalue weighted by molar-refractivity contribution is 5.76. The summed E-state index contributed by atoms with van der Waals surface area (Å²) in [5.74, 6) is -1.28. The Labute approximate surface area is 159 Å². The van der Waals surface area contributed by atoms with Crippen LogP contribution in [0, 0.1) is 11.8 Å². The van der Waals surface area contributed by atoms with Crippen LogP contribution in [0.3, 0.4) is 0 Å². The summed E-state index contributed by atoms with van der Waals surface area (Å²) in [4.78, 5) is 37.1. The maximum Gasteiger partial charge on any atom is 0.317 e. The van der Waals surface area contributed by atoms with Gasteiger partial charge in [-0.1, -0.05) is 37.3 Å². The second kappa shape index (κ2) is 9.94. The number of piperidine rings is 1. The Bertz CT molecular complexity index is 649. The van der Waals surface area contributed by atoms with E-state index in [4.69, 9.17) is 9.84 Å². The SMILES string of the molecule is COC(=O)C1CCN(C(=O)NC(CCC(=O)O)Cc2ccccc2)CC1C. The Morgan fingerprint density at radius 3 is 2.59 bits per heavy atom. The average molecular weight is 376 g/mol. The molecule has 3 atom stereocenters. The molecular weight excluding hydrogens is 348 g/mol. The highest BCUT2D eigenvalue weighted by Gasteiger charge is 2.34.